The number of H-pyrrole nitrogens is 1. The maximum atomic E-state index is 13.6. The Balaban J connectivity index is 1.60. The highest BCUT2D eigenvalue weighted by molar-refractivity contribution is 5.45. The third kappa shape index (κ3) is 3.98. The summed E-state index contributed by atoms with van der Waals surface area (Å²) in [4.78, 5) is 23.8. The van der Waals surface area contributed by atoms with Crippen LogP contribution in [0.4, 0.5) is 16.2 Å². The molecule has 1 aromatic heterocycles. The summed E-state index contributed by atoms with van der Waals surface area (Å²) in [5.41, 5.74) is 1.06. The van der Waals surface area contributed by atoms with Crippen LogP contribution >= 0.6 is 0 Å². The van der Waals surface area contributed by atoms with E-state index in [9.17, 15) is 9.18 Å². The van der Waals surface area contributed by atoms with E-state index in [0.29, 0.717) is 30.8 Å². The van der Waals surface area contributed by atoms with Gasteiger partial charge >= 0.3 is 0 Å². The summed E-state index contributed by atoms with van der Waals surface area (Å²) >= 11 is 0. The molecule has 0 saturated carbocycles. The molecule has 0 spiro atoms. The second-order valence-corrected chi connectivity index (χ2v) is 7.37. The first-order chi connectivity index (χ1) is 13.1. The molecular formula is C20H25FN4O2. The number of benzene rings is 1. The van der Waals surface area contributed by atoms with Crippen molar-refractivity contribution in [3.05, 3.63) is 52.3 Å². The SMILES string of the molecule is C[C@H]1CCN(c2nc(N3CCO[C@H](F)C3)cc(=O)[nH]2)[C@H]1Cc1ccccc1. The first-order valence-electron chi connectivity index (χ1n) is 9.53. The van der Waals surface area contributed by atoms with Gasteiger partial charge in [0.1, 0.15) is 5.82 Å². The van der Waals surface area contributed by atoms with Gasteiger partial charge in [0.25, 0.3) is 5.56 Å². The zero-order valence-electron chi connectivity index (χ0n) is 15.5. The Kier molecular flexibility index (Phi) is 5.11. The minimum atomic E-state index is -1.35. The van der Waals surface area contributed by atoms with Crippen LogP contribution < -0.4 is 15.4 Å². The van der Waals surface area contributed by atoms with Gasteiger partial charge in [0.05, 0.1) is 13.2 Å². The lowest BCUT2D eigenvalue weighted by Crippen LogP contribution is -2.42. The number of anilines is 2. The molecule has 4 rings (SSSR count). The number of ether oxygens (including phenoxy) is 1. The molecule has 0 aliphatic carbocycles. The van der Waals surface area contributed by atoms with E-state index in [2.05, 4.69) is 33.9 Å². The summed E-state index contributed by atoms with van der Waals surface area (Å²) in [7, 11) is 0. The average molecular weight is 372 g/mol. The normalized spacial score (nSPS) is 25.8. The zero-order valence-corrected chi connectivity index (χ0v) is 15.5. The van der Waals surface area contributed by atoms with Gasteiger partial charge in [-0.15, -0.1) is 0 Å². The molecule has 2 aliphatic rings. The van der Waals surface area contributed by atoms with E-state index in [0.717, 1.165) is 19.4 Å². The molecule has 1 aromatic carbocycles. The van der Waals surface area contributed by atoms with Crippen molar-refractivity contribution < 1.29 is 9.13 Å². The number of morpholine rings is 1. The van der Waals surface area contributed by atoms with Crippen LogP contribution in [0.2, 0.25) is 0 Å². The predicted octanol–water partition coefficient (Wildman–Crippen LogP) is 2.36. The van der Waals surface area contributed by atoms with E-state index in [-0.39, 0.29) is 18.1 Å². The molecule has 0 amide bonds. The van der Waals surface area contributed by atoms with Crippen molar-refractivity contribution in [3.63, 3.8) is 0 Å². The highest BCUT2D eigenvalue weighted by Gasteiger charge is 2.33. The third-order valence-corrected chi connectivity index (χ3v) is 5.51. The molecule has 0 bridgehead atoms. The van der Waals surface area contributed by atoms with E-state index in [4.69, 9.17) is 4.74 Å². The number of halogens is 1. The monoisotopic (exact) mass is 372 g/mol. The molecule has 27 heavy (non-hydrogen) atoms. The number of aromatic amines is 1. The summed E-state index contributed by atoms with van der Waals surface area (Å²) < 4.78 is 18.5. The van der Waals surface area contributed by atoms with Gasteiger partial charge in [-0.1, -0.05) is 37.3 Å². The molecule has 2 fully saturated rings. The first kappa shape index (κ1) is 18.0. The molecule has 7 heteroatoms. The zero-order chi connectivity index (χ0) is 18.8. The Labute approximate surface area is 158 Å². The van der Waals surface area contributed by atoms with Crippen molar-refractivity contribution in [1.82, 2.24) is 9.97 Å². The smallest absolute Gasteiger partial charge is 0.254 e. The fourth-order valence-corrected chi connectivity index (χ4v) is 3.98. The first-order valence-corrected chi connectivity index (χ1v) is 9.53. The van der Waals surface area contributed by atoms with Crippen molar-refractivity contribution in [3.8, 4) is 0 Å². The van der Waals surface area contributed by atoms with Crippen LogP contribution in [0.15, 0.2) is 41.2 Å². The number of nitrogens with one attached hydrogen (secondary N) is 1. The standard InChI is InChI=1S/C20H25FN4O2/c1-14-7-8-25(16(14)11-15-5-3-2-4-6-15)20-22-18(12-19(26)23-20)24-9-10-27-17(21)13-24/h2-6,12,14,16-17H,7-11,13H2,1H3,(H,22,23,26)/t14-,16-,17-/m0/s1. The Morgan fingerprint density at radius 1 is 1.30 bits per heavy atom. The summed E-state index contributed by atoms with van der Waals surface area (Å²) in [5.74, 6) is 1.58. The van der Waals surface area contributed by atoms with E-state index in [1.165, 1.54) is 11.6 Å². The Morgan fingerprint density at radius 2 is 2.11 bits per heavy atom. The second kappa shape index (κ2) is 7.68. The van der Waals surface area contributed by atoms with Crippen LogP contribution in [0.3, 0.4) is 0 Å². The van der Waals surface area contributed by atoms with Crippen LogP contribution in [0.1, 0.15) is 18.9 Å². The number of aromatic nitrogens is 2. The van der Waals surface area contributed by atoms with Crippen LogP contribution in [0.25, 0.3) is 0 Å². The van der Waals surface area contributed by atoms with E-state index < -0.39 is 6.36 Å². The quantitative estimate of drug-likeness (QED) is 0.893. The molecular weight excluding hydrogens is 347 g/mol. The summed E-state index contributed by atoms with van der Waals surface area (Å²) in [6, 6.07) is 12.1. The molecule has 3 atom stereocenters. The Bertz CT molecular complexity index is 828. The van der Waals surface area contributed by atoms with Crippen molar-refractivity contribution in [1.29, 1.82) is 0 Å². The van der Waals surface area contributed by atoms with Crippen LogP contribution in [0.5, 0.6) is 0 Å². The van der Waals surface area contributed by atoms with E-state index >= 15 is 0 Å². The van der Waals surface area contributed by atoms with Crippen molar-refractivity contribution in [2.45, 2.75) is 32.2 Å². The third-order valence-electron chi connectivity index (χ3n) is 5.51. The second-order valence-electron chi connectivity index (χ2n) is 7.37. The average Bonchev–Trinajstić information content (AvgIpc) is 3.03. The van der Waals surface area contributed by atoms with Gasteiger partial charge in [0.2, 0.25) is 12.3 Å². The minimum Gasteiger partial charge on any atom is -0.349 e. The highest BCUT2D eigenvalue weighted by Crippen LogP contribution is 2.30. The fourth-order valence-electron chi connectivity index (χ4n) is 3.98. The number of nitrogens with zero attached hydrogens (tertiary/aromatic N) is 3. The predicted molar refractivity (Wildman–Crippen MR) is 103 cm³/mol. The Morgan fingerprint density at radius 3 is 2.89 bits per heavy atom. The lowest BCUT2D eigenvalue weighted by Gasteiger charge is -2.31. The van der Waals surface area contributed by atoms with Gasteiger partial charge in [0.15, 0.2) is 0 Å². The van der Waals surface area contributed by atoms with Crippen LogP contribution in [0, 0.1) is 5.92 Å². The molecule has 0 unspecified atom stereocenters. The molecule has 2 saturated heterocycles. The molecule has 2 aromatic rings. The maximum Gasteiger partial charge on any atom is 0.254 e. The minimum absolute atomic E-state index is 0.0970. The van der Waals surface area contributed by atoms with E-state index in [1.807, 2.05) is 18.2 Å². The molecule has 1 N–H and O–H groups in total. The van der Waals surface area contributed by atoms with Gasteiger partial charge in [-0.25, -0.2) is 4.39 Å². The van der Waals surface area contributed by atoms with Gasteiger partial charge in [-0.3, -0.25) is 9.78 Å². The summed E-state index contributed by atoms with van der Waals surface area (Å²) in [5, 5.41) is 0. The largest absolute Gasteiger partial charge is 0.349 e. The topological polar surface area (TPSA) is 61.5 Å². The molecule has 3 heterocycles. The summed E-state index contributed by atoms with van der Waals surface area (Å²) in [6.07, 6.45) is 0.608. The van der Waals surface area contributed by atoms with Crippen LogP contribution in [-0.4, -0.2) is 48.6 Å². The van der Waals surface area contributed by atoms with Crippen LogP contribution in [-0.2, 0) is 11.2 Å². The van der Waals surface area contributed by atoms with Crippen molar-refractivity contribution in [2.75, 3.05) is 36.0 Å². The van der Waals surface area contributed by atoms with Crippen molar-refractivity contribution >= 4 is 11.8 Å². The van der Waals surface area contributed by atoms with Gasteiger partial charge in [0, 0.05) is 25.2 Å². The number of hydrogen-bond donors (Lipinski definition) is 1. The van der Waals surface area contributed by atoms with Gasteiger partial charge < -0.3 is 14.5 Å². The molecule has 2 aliphatic heterocycles. The lowest BCUT2D eigenvalue weighted by atomic mass is 9.96. The van der Waals surface area contributed by atoms with Gasteiger partial charge in [-0.2, -0.15) is 4.98 Å². The fraction of sp³-hybridized carbons (Fsp3) is 0.500. The number of rotatable bonds is 4. The molecule has 0 radical (unpaired) electrons. The Hall–Kier alpha value is -2.41. The lowest BCUT2D eigenvalue weighted by molar-refractivity contribution is -0.0467. The molecule has 144 valence electrons. The maximum absolute atomic E-state index is 13.6. The summed E-state index contributed by atoms with van der Waals surface area (Å²) in [6.45, 7) is 4.01. The van der Waals surface area contributed by atoms with Crippen molar-refractivity contribution in [2.24, 2.45) is 5.92 Å². The van der Waals surface area contributed by atoms with Gasteiger partial charge in [-0.05, 0) is 24.3 Å². The number of hydrogen-bond acceptors (Lipinski definition) is 5. The number of alkyl halides is 1. The van der Waals surface area contributed by atoms with E-state index in [1.54, 1.807) is 4.90 Å². The highest BCUT2D eigenvalue weighted by atomic mass is 19.1. The molecule has 6 nitrogen and oxygen atoms in total.